The van der Waals surface area contributed by atoms with Gasteiger partial charge >= 0.3 is 0 Å². The van der Waals surface area contributed by atoms with Gasteiger partial charge in [0.25, 0.3) is 5.69 Å². The molecule has 6 heteroatoms. The number of primary amides is 1. The van der Waals surface area contributed by atoms with Crippen molar-refractivity contribution in [2.45, 2.75) is 26.7 Å². The van der Waals surface area contributed by atoms with Gasteiger partial charge in [-0.3, -0.25) is 14.9 Å². The van der Waals surface area contributed by atoms with Gasteiger partial charge in [0.1, 0.15) is 5.69 Å². The normalized spacial score (nSPS) is 10.5. The Morgan fingerprint density at radius 2 is 2.05 bits per heavy atom. The second-order valence-corrected chi connectivity index (χ2v) is 4.42. The van der Waals surface area contributed by atoms with Gasteiger partial charge in [-0.25, -0.2) is 0 Å². The number of carbonyl (C=O) groups excluding carboxylic acids is 1. The average molecular weight is 265 g/mol. The summed E-state index contributed by atoms with van der Waals surface area (Å²) in [5.74, 6) is -0.155. The van der Waals surface area contributed by atoms with Crippen molar-refractivity contribution in [1.82, 2.24) is 0 Å². The van der Waals surface area contributed by atoms with E-state index in [2.05, 4.69) is 19.2 Å². The molecule has 0 unspecified atom stereocenters. The lowest BCUT2D eigenvalue weighted by Gasteiger charge is -2.14. The molecule has 1 amide bonds. The fourth-order valence-electron chi connectivity index (χ4n) is 1.82. The molecular weight excluding hydrogens is 246 g/mol. The third-order valence-corrected chi connectivity index (χ3v) is 3.21. The van der Waals surface area contributed by atoms with Crippen LogP contribution in [0.15, 0.2) is 18.2 Å². The van der Waals surface area contributed by atoms with Crippen LogP contribution in [-0.4, -0.2) is 17.4 Å². The molecule has 6 nitrogen and oxygen atoms in total. The van der Waals surface area contributed by atoms with E-state index in [1.165, 1.54) is 18.2 Å². The number of amides is 1. The molecule has 0 saturated heterocycles. The maximum absolute atomic E-state index is 11.1. The minimum absolute atomic E-state index is 0.0454. The molecule has 0 radical (unpaired) electrons. The molecular formula is C13H19N3O3. The topological polar surface area (TPSA) is 98.3 Å². The lowest BCUT2D eigenvalue weighted by molar-refractivity contribution is -0.384. The zero-order chi connectivity index (χ0) is 14.4. The van der Waals surface area contributed by atoms with Crippen molar-refractivity contribution in [3.05, 3.63) is 33.9 Å². The van der Waals surface area contributed by atoms with Gasteiger partial charge < -0.3 is 11.1 Å². The number of nitrogens with zero attached hydrogens (tertiary/aromatic N) is 1. The first-order valence-corrected chi connectivity index (χ1v) is 6.31. The standard InChI is InChI=1S/C13H19N3O3/c1-3-9(4-2)8-15-11-7-10(13(14)17)5-6-12(11)16(18)19/h5-7,9,15H,3-4,8H2,1-2H3,(H2,14,17). The molecule has 0 aliphatic heterocycles. The van der Waals surface area contributed by atoms with Crippen molar-refractivity contribution in [2.75, 3.05) is 11.9 Å². The number of carbonyl (C=O) groups is 1. The Morgan fingerprint density at radius 1 is 1.42 bits per heavy atom. The number of hydrogen-bond donors (Lipinski definition) is 2. The van der Waals surface area contributed by atoms with Crippen LogP contribution in [0.4, 0.5) is 11.4 Å². The van der Waals surface area contributed by atoms with Crippen LogP contribution in [0, 0.1) is 16.0 Å². The quantitative estimate of drug-likeness (QED) is 0.584. The Labute approximate surface area is 112 Å². The number of benzene rings is 1. The Bertz CT molecular complexity index is 470. The molecule has 0 saturated carbocycles. The van der Waals surface area contributed by atoms with E-state index < -0.39 is 10.8 Å². The minimum atomic E-state index is -0.597. The third kappa shape index (κ3) is 3.94. The van der Waals surface area contributed by atoms with Crippen LogP contribution in [0.2, 0.25) is 0 Å². The van der Waals surface area contributed by atoms with Crippen molar-refractivity contribution >= 4 is 17.3 Å². The maximum atomic E-state index is 11.1. The van der Waals surface area contributed by atoms with Gasteiger partial charge in [0, 0.05) is 18.2 Å². The SMILES string of the molecule is CCC(CC)CNc1cc(C(N)=O)ccc1[N+](=O)[O-]. The molecule has 0 aliphatic rings. The van der Waals surface area contributed by atoms with Crippen LogP contribution in [-0.2, 0) is 0 Å². The number of nitrogens with one attached hydrogen (secondary N) is 1. The summed E-state index contributed by atoms with van der Waals surface area (Å²) in [5.41, 5.74) is 5.74. The molecule has 19 heavy (non-hydrogen) atoms. The van der Waals surface area contributed by atoms with E-state index in [0.29, 0.717) is 18.2 Å². The predicted molar refractivity (Wildman–Crippen MR) is 74.2 cm³/mol. The van der Waals surface area contributed by atoms with Crippen LogP contribution < -0.4 is 11.1 Å². The summed E-state index contributed by atoms with van der Waals surface area (Å²) in [7, 11) is 0. The van der Waals surface area contributed by atoms with Gasteiger partial charge in [-0.2, -0.15) is 0 Å². The molecule has 0 fully saturated rings. The first-order valence-electron chi connectivity index (χ1n) is 6.31. The van der Waals surface area contributed by atoms with Gasteiger partial charge in [-0.15, -0.1) is 0 Å². The number of anilines is 1. The molecule has 3 N–H and O–H groups in total. The van der Waals surface area contributed by atoms with Crippen molar-refractivity contribution in [3.63, 3.8) is 0 Å². The lowest BCUT2D eigenvalue weighted by atomic mass is 10.0. The van der Waals surface area contributed by atoms with Crippen LogP contribution in [0.25, 0.3) is 0 Å². The van der Waals surface area contributed by atoms with Crippen LogP contribution in [0.5, 0.6) is 0 Å². The Kier molecular flexibility index (Phi) is 5.29. The monoisotopic (exact) mass is 265 g/mol. The van der Waals surface area contributed by atoms with Crippen molar-refractivity contribution in [2.24, 2.45) is 11.7 Å². The maximum Gasteiger partial charge on any atom is 0.292 e. The highest BCUT2D eigenvalue weighted by atomic mass is 16.6. The number of hydrogen-bond acceptors (Lipinski definition) is 4. The smallest absolute Gasteiger partial charge is 0.292 e. The highest BCUT2D eigenvalue weighted by Crippen LogP contribution is 2.26. The van der Waals surface area contributed by atoms with Crippen LogP contribution in [0.3, 0.4) is 0 Å². The van der Waals surface area contributed by atoms with Gasteiger partial charge in [-0.05, 0) is 18.1 Å². The van der Waals surface area contributed by atoms with Crippen molar-refractivity contribution in [1.29, 1.82) is 0 Å². The zero-order valence-corrected chi connectivity index (χ0v) is 11.2. The van der Waals surface area contributed by atoms with E-state index in [0.717, 1.165) is 12.8 Å². The molecule has 0 aromatic heterocycles. The minimum Gasteiger partial charge on any atom is -0.379 e. The van der Waals surface area contributed by atoms with E-state index in [9.17, 15) is 14.9 Å². The first kappa shape index (κ1) is 14.9. The molecule has 0 bridgehead atoms. The predicted octanol–water partition coefficient (Wildman–Crippen LogP) is 2.54. The van der Waals surface area contributed by atoms with Crippen LogP contribution >= 0.6 is 0 Å². The number of nitrogens with two attached hydrogens (primary N) is 1. The van der Waals surface area contributed by atoms with E-state index in [4.69, 9.17) is 5.73 Å². The largest absolute Gasteiger partial charge is 0.379 e. The lowest BCUT2D eigenvalue weighted by Crippen LogP contribution is -2.15. The second-order valence-electron chi connectivity index (χ2n) is 4.42. The highest BCUT2D eigenvalue weighted by molar-refractivity contribution is 5.94. The van der Waals surface area contributed by atoms with E-state index >= 15 is 0 Å². The molecule has 1 rings (SSSR count). The summed E-state index contributed by atoms with van der Waals surface area (Å²) in [4.78, 5) is 21.6. The fourth-order valence-corrected chi connectivity index (χ4v) is 1.82. The van der Waals surface area contributed by atoms with E-state index in [-0.39, 0.29) is 11.3 Å². The molecule has 1 aromatic rings. The van der Waals surface area contributed by atoms with Gasteiger partial charge in [0.05, 0.1) is 4.92 Å². The first-order chi connectivity index (χ1) is 8.99. The van der Waals surface area contributed by atoms with Crippen LogP contribution in [0.1, 0.15) is 37.0 Å². The summed E-state index contributed by atoms with van der Waals surface area (Å²) in [6.07, 6.45) is 1.99. The van der Waals surface area contributed by atoms with Gasteiger partial charge in [-0.1, -0.05) is 26.7 Å². The van der Waals surface area contributed by atoms with E-state index in [1.54, 1.807) is 0 Å². The van der Waals surface area contributed by atoms with Gasteiger partial charge in [0.15, 0.2) is 0 Å². The summed E-state index contributed by atoms with van der Waals surface area (Å²) < 4.78 is 0. The highest BCUT2D eigenvalue weighted by Gasteiger charge is 2.16. The number of nitro benzene ring substituents is 1. The molecule has 0 heterocycles. The molecule has 1 aromatic carbocycles. The summed E-state index contributed by atoms with van der Waals surface area (Å²) in [5, 5.41) is 14.0. The van der Waals surface area contributed by atoms with Crippen molar-refractivity contribution < 1.29 is 9.72 Å². The average Bonchev–Trinajstić information content (AvgIpc) is 2.39. The number of rotatable bonds is 7. The van der Waals surface area contributed by atoms with Crippen molar-refractivity contribution in [3.8, 4) is 0 Å². The summed E-state index contributed by atoms with van der Waals surface area (Å²) >= 11 is 0. The zero-order valence-electron chi connectivity index (χ0n) is 11.2. The second kappa shape index (κ2) is 6.72. The number of nitro groups is 1. The van der Waals surface area contributed by atoms with Gasteiger partial charge in [0.2, 0.25) is 5.91 Å². The van der Waals surface area contributed by atoms with E-state index in [1.807, 2.05) is 0 Å². The molecule has 0 aliphatic carbocycles. The third-order valence-electron chi connectivity index (χ3n) is 3.21. The molecule has 0 spiro atoms. The molecule has 104 valence electrons. The summed E-state index contributed by atoms with van der Waals surface area (Å²) in [6, 6.07) is 4.10. The Morgan fingerprint density at radius 3 is 2.53 bits per heavy atom. The Balaban J connectivity index is 2.97. The molecule has 0 atom stereocenters. The fraction of sp³-hybridized carbons (Fsp3) is 0.462. The Hall–Kier alpha value is -2.11. The summed E-state index contributed by atoms with van der Waals surface area (Å²) in [6.45, 7) is 4.78.